The highest BCUT2D eigenvalue weighted by Gasteiger charge is 2.37. The molecule has 2 amide bonds. The molecule has 0 spiro atoms. The highest BCUT2D eigenvalue weighted by Crippen LogP contribution is 2.19. The van der Waals surface area contributed by atoms with Gasteiger partial charge in [0.1, 0.15) is 12.1 Å². The summed E-state index contributed by atoms with van der Waals surface area (Å²) < 4.78 is 0. The van der Waals surface area contributed by atoms with Crippen LogP contribution < -0.4 is 11.1 Å². The van der Waals surface area contributed by atoms with E-state index in [4.69, 9.17) is 10.8 Å². The van der Waals surface area contributed by atoms with E-state index in [2.05, 4.69) is 17.9 Å². The second-order valence-electron chi connectivity index (χ2n) is 5.54. The van der Waals surface area contributed by atoms with Crippen LogP contribution >= 0.6 is 12.6 Å². The predicted molar refractivity (Wildman–Crippen MR) is 81.0 cm³/mol. The van der Waals surface area contributed by atoms with Gasteiger partial charge in [-0.05, 0) is 18.8 Å². The second kappa shape index (κ2) is 7.65. The summed E-state index contributed by atoms with van der Waals surface area (Å²) in [5, 5.41) is 11.3. The van der Waals surface area contributed by atoms with Gasteiger partial charge in [-0.15, -0.1) is 0 Å². The molecule has 1 aliphatic heterocycles. The molecule has 0 unspecified atom stereocenters. The topological polar surface area (TPSA) is 113 Å². The van der Waals surface area contributed by atoms with E-state index in [1.165, 1.54) is 4.90 Å². The van der Waals surface area contributed by atoms with E-state index in [1.54, 1.807) is 0 Å². The Morgan fingerprint density at radius 2 is 2.05 bits per heavy atom. The van der Waals surface area contributed by atoms with Crippen LogP contribution in [-0.2, 0) is 14.4 Å². The van der Waals surface area contributed by atoms with Crippen molar-refractivity contribution < 1.29 is 19.5 Å². The van der Waals surface area contributed by atoms with Gasteiger partial charge in [0.15, 0.2) is 0 Å². The number of carboxylic acids is 1. The fraction of sp³-hybridized carbons (Fsp3) is 0.769. The molecule has 0 aromatic heterocycles. The van der Waals surface area contributed by atoms with Crippen LogP contribution in [0.25, 0.3) is 0 Å². The van der Waals surface area contributed by atoms with Crippen molar-refractivity contribution in [3.8, 4) is 0 Å². The monoisotopic (exact) mass is 317 g/mol. The number of carboxylic acid groups (broad SMARTS) is 1. The van der Waals surface area contributed by atoms with Crippen LogP contribution in [0.15, 0.2) is 0 Å². The van der Waals surface area contributed by atoms with E-state index in [0.717, 1.165) is 0 Å². The van der Waals surface area contributed by atoms with E-state index in [-0.39, 0.29) is 17.6 Å². The maximum absolute atomic E-state index is 12.3. The third-order valence-electron chi connectivity index (χ3n) is 3.64. The number of nitrogens with two attached hydrogens (primary N) is 1. The standard InChI is InChI=1S/C13H23N3O4S/c1-7(2)10(14)12(18)16-5-3-4-9(16)11(17)15-8(6-21)13(19)20/h7-10,21H,3-6,14H2,1-2H3,(H,15,17)(H,19,20)/t8-,9-,10-/m0/s1. The number of amides is 2. The molecule has 21 heavy (non-hydrogen) atoms. The number of nitrogens with zero attached hydrogens (tertiary/aromatic N) is 1. The third kappa shape index (κ3) is 4.34. The molecule has 4 N–H and O–H groups in total. The normalized spacial score (nSPS) is 21.2. The summed E-state index contributed by atoms with van der Waals surface area (Å²) in [6, 6.07) is -2.36. The van der Waals surface area contributed by atoms with Gasteiger partial charge < -0.3 is 21.1 Å². The van der Waals surface area contributed by atoms with Crippen LogP contribution in [0, 0.1) is 5.92 Å². The van der Waals surface area contributed by atoms with Crippen molar-refractivity contribution in [1.29, 1.82) is 0 Å². The number of likely N-dealkylation sites (tertiary alicyclic amines) is 1. The van der Waals surface area contributed by atoms with E-state index >= 15 is 0 Å². The van der Waals surface area contributed by atoms with Crippen molar-refractivity contribution in [2.24, 2.45) is 11.7 Å². The number of thiol groups is 1. The molecule has 7 nitrogen and oxygen atoms in total. The molecule has 0 radical (unpaired) electrons. The number of aliphatic carboxylic acids is 1. The lowest BCUT2D eigenvalue weighted by Crippen LogP contribution is -2.55. The Bertz CT molecular complexity index is 416. The molecule has 1 rings (SSSR count). The molecule has 1 heterocycles. The van der Waals surface area contributed by atoms with Crippen LogP contribution in [0.5, 0.6) is 0 Å². The molecule has 0 aromatic carbocycles. The quantitative estimate of drug-likeness (QED) is 0.492. The van der Waals surface area contributed by atoms with Gasteiger partial charge in [-0.25, -0.2) is 4.79 Å². The number of rotatable bonds is 6. The van der Waals surface area contributed by atoms with E-state index in [0.29, 0.717) is 19.4 Å². The lowest BCUT2D eigenvalue weighted by Gasteiger charge is -2.28. The maximum atomic E-state index is 12.3. The Hall–Kier alpha value is -1.28. The average Bonchev–Trinajstić information content (AvgIpc) is 2.91. The average molecular weight is 317 g/mol. The molecule has 1 fully saturated rings. The lowest BCUT2D eigenvalue weighted by molar-refractivity contribution is -0.143. The fourth-order valence-corrected chi connectivity index (χ4v) is 2.48. The Morgan fingerprint density at radius 3 is 2.52 bits per heavy atom. The summed E-state index contributed by atoms with van der Waals surface area (Å²) in [7, 11) is 0. The Kier molecular flexibility index (Phi) is 6.47. The zero-order valence-electron chi connectivity index (χ0n) is 12.3. The molecular weight excluding hydrogens is 294 g/mol. The Morgan fingerprint density at radius 1 is 1.43 bits per heavy atom. The minimum Gasteiger partial charge on any atom is -0.480 e. The summed E-state index contributed by atoms with van der Waals surface area (Å²) >= 11 is 3.90. The van der Waals surface area contributed by atoms with Gasteiger partial charge in [0, 0.05) is 12.3 Å². The summed E-state index contributed by atoms with van der Waals surface area (Å²) in [5.74, 6) is -1.90. The van der Waals surface area contributed by atoms with Gasteiger partial charge in [0.05, 0.1) is 6.04 Å². The first-order valence-electron chi connectivity index (χ1n) is 6.99. The highest BCUT2D eigenvalue weighted by molar-refractivity contribution is 7.80. The van der Waals surface area contributed by atoms with Gasteiger partial charge in [0.2, 0.25) is 11.8 Å². The van der Waals surface area contributed by atoms with E-state index < -0.39 is 30.0 Å². The fourth-order valence-electron chi connectivity index (χ4n) is 2.23. The minimum atomic E-state index is -1.15. The maximum Gasteiger partial charge on any atom is 0.327 e. The van der Waals surface area contributed by atoms with Crippen molar-refractivity contribution in [3.05, 3.63) is 0 Å². The van der Waals surface area contributed by atoms with Crippen LogP contribution in [-0.4, -0.2) is 58.2 Å². The van der Waals surface area contributed by atoms with Crippen LogP contribution in [0.3, 0.4) is 0 Å². The summed E-state index contributed by atoms with van der Waals surface area (Å²) in [6.45, 7) is 4.15. The Balaban J connectivity index is 2.75. The Labute approximate surface area is 129 Å². The van der Waals surface area contributed by atoms with Gasteiger partial charge >= 0.3 is 5.97 Å². The van der Waals surface area contributed by atoms with Crippen molar-refractivity contribution in [1.82, 2.24) is 10.2 Å². The predicted octanol–water partition coefficient (Wildman–Crippen LogP) is -0.540. The van der Waals surface area contributed by atoms with Crippen LogP contribution in [0.2, 0.25) is 0 Å². The molecule has 3 atom stereocenters. The van der Waals surface area contributed by atoms with Crippen molar-refractivity contribution in [2.75, 3.05) is 12.3 Å². The van der Waals surface area contributed by atoms with Crippen LogP contribution in [0.1, 0.15) is 26.7 Å². The molecule has 1 saturated heterocycles. The lowest BCUT2D eigenvalue weighted by atomic mass is 10.0. The summed E-state index contributed by atoms with van der Waals surface area (Å²) in [6.07, 6.45) is 1.22. The zero-order valence-corrected chi connectivity index (χ0v) is 13.2. The number of carbonyl (C=O) groups excluding carboxylic acids is 2. The number of nitrogens with one attached hydrogen (secondary N) is 1. The minimum absolute atomic E-state index is 0.00670. The van der Waals surface area contributed by atoms with E-state index in [9.17, 15) is 14.4 Å². The number of carbonyl (C=O) groups is 3. The van der Waals surface area contributed by atoms with Gasteiger partial charge in [-0.3, -0.25) is 9.59 Å². The van der Waals surface area contributed by atoms with Crippen molar-refractivity contribution in [2.45, 2.75) is 44.8 Å². The largest absolute Gasteiger partial charge is 0.480 e. The smallest absolute Gasteiger partial charge is 0.327 e. The first-order chi connectivity index (χ1) is 9.79. The molecule has 0 saturated carbocycles. The number of hydrogen-bond acceptors (Lipinski definition) is 5. The molecular formula is C13H23N3O4S. The third-order valence-corrected chi connectivity index (χ3v) is 4.00. The van der Waals surface area contributed by atoms with Gasteiger partial charge in [-0.2, -0.15) is 12.6 Å². The molecule has 8 heteroatoms. The molecule has 1 aliphatic rings. The molecule has 0 aromatic rings. The van der Waals surface area contributed by atoms with Gasteiger partial charge in [0.25, 0.3) is 0 Å². The first-order valence-corrected chi connectivity index (χ1v) is 7.63. The second-order valence-corrected chi connectivity index (χ2v) is 5.91. The number of hydrogen-bond donors (Lipinski definition) is 4. The van der Waals surface area contributed by atoms with E-state index in [1.807, 2.05) is 13.8 Å². The summed E-state index contributed by atoms with van der Waals surface area (Å²) in [4.78, 5) is 36.8. The molecule has 120 valence electrons. The van der Waals surface area contributed by atoms with Crippen LogP contribution in [0.4, 0.5) is 0 Å². The SMILES string of the molecule is CC(C)[C@H](N)C(=O)N1CCC[C@H]1C(=O)N[C@@H](CS)C(=O)O. The van der Waals surface area contributed by atoms with Gasteiger partial charge in [-0.1, -0.05) is 13.8 Å². The summed E-state index contributed by atoms with van der Waals surface area (Å²) in [5.41, 5.74) is 5.85. The van der Waals surface area contributed by atoms with Crippen molar-refractivity contribution in [3.63, 3.8) is 0 Å². The first kappa shape index (κ1) is 17.8. The molecule has 0 bridgehead atoms. The van der Waals surface area contributed by atoms with Crippen molar-refractivity contribution >= 4 is 30.4 Å². The molecule has 0 aliphatic carbocycles. The zero-order chi connectivity index (χ0) is 16.2. The highest BCUT2D eigenvalue weighted by atomic mass is 32.1.